The molecule has 5 heteroatoms. The van der Waals surface area contributed by atoms with Crippen molar-refractivity contribution in [1.29, 1.82) is 0 Å². The minimum Gasteiger partial charge on any atom is -0.384 e. The molecule has 112 valence electrons. The van der Waals surface area contributed by atoms with Crippen molar-refractivity contribution < 1.29 is 4.92 Å². The largest absolute Gasteiger partial charge is 0.384 e. The molecular weight excluding hydrogens is 266 g/mol. The number of anilines is 1. The van der Waals surface area contributed by atoms with Crippen LogP contribution in [-0.4, -0.2) is 16.5 Å². The van der Waals surface area contributed by atoms with Crippen LogP contribution >= 0.6 is 0 Å². The SMILES string of the molecule is CC(CNc1ccc([N+](=O)[O-])c2ccncc12)C(C)(C)C. The van der Waals surface area contributed by atoms with Crippen molar-refractivity contribution in [2.75, 3.05) is 11.9 Å². The van der Waals surface area contributed by atoms with Crippen molar-refractivity contribution in [3.8, 4) is 0 Å². The summed E-state index contributed by atoms with van der Waals surface area (Å²) in [5, 5.41) is 15.9. The number of nitrogens with zero attached hydrogens (tertiary/aromatic N) is 2. The van der Waals surface area contributed by atoms with Gasteiger partial charge in [0.2, 0.25) is 0 Å². The fourth-order valence-corrected chi connectivity index (χ4v) is 2.06. The van der Waals surface area contributed by atoms with E-state index >= 15 is 0 Å². The number of fused-ring (bicyclic) bond motifs is 1. The van der Waals surface area contributed by atoms with Gasteiger partial charge in [0.1, 0.15) is 0 Å². The predicted octanol–water partition coefficient (Wildman–Crippen LogP) is 4.24. The van der Waals surface area contributed by atoms with Gasteiger partial charge >= 0.3 is 0 Å². The first-order valence-corrected chi connectivity index (χ1v) is 7.05. The number of nitrogens with one attached hydrogen (secondary N) is 1. The molecule has 0 fully saturated rings. The van der Waals surface area contributed by atoms with E-state index in [9.17, 15) is 10.1 Å². The summed E-state index contributed by atoms with van der Waals surface area (Å²) in [6.45, 7) is 9.61. The molecule has 1 unspecified atom stereocenters. The van der Waals surface area contributed by atoms with E-state index in [2.05, 4.69) is 38.0 Å². The number of benzene rings is 1. The Hall–Kier alpha value is -2.17. The predicted molar refractivity (Wildman–Crippen MR) is 85.5 cm³/mol. The number of non-ortho nitro benzene ring substituents is 1. The van der Waals surface area contributed by atoms with Crippen LogP contribution < -0.4 is 5.32 Å². The van der Waals surface area contributed by atoms with Crippen molar-refractivity contribution in [3.63, 3.8) is 0 Å². The van der Waals surface area contributed by atoms with Crippen molar-refractivity contribution in [2.45, 2.75) is 27.7 Å². The molecule has 0 aliphatic rings. The highest BCUT2D eigenvalue weighted by molar-refractivity contribution is 5.99. The number of hydrogen-bond acceptors (Lipinski definition) is 4. The highest BCUT2D eigenvalue weighted by Crippen LogP contribution is 2.32. The highest BCUT2D eigenvalue weighted by Gasteiger charge is 2.20. The first-order valence-electron chi connectivity index (χ1n) is 7.05. The Balaban J connectivity index is 2.34. The third-order valence-corrected chi connectivity index (χ3v) is 4.07. The minimum absolute atomic E-state index is 0.113. The van der Waals surface area contributed by atoms with E-state index in [1.807, 2.05) is 0 Å². The Bertz CT molecular complexity index is 662. The van der Waals surface area contributed by atoms with E-state index in [-0.39, 0.29) is 16.0 Å². The Kier molecular flexibility index (Phi) is 4.11. The summed E-state index contributed by atoms with van der Waals surface area (Å²) in [6.07, 6.45) is 3.25. The van der Waals surface area contributed by atoms with Gasteiger partial charge in [-0.2, -0.15) is 0 Å². The zero-order chi connectivity index (χ0) is 15.6. The Labute approximate surface area is 124 Å². The first kappa shape index (κ1) is 15.2. The molecule has 21 heavy (non-hydrogen) atoms. The lowest BCUT2D eigenvalue weighted by molar-refractivity contribution is -0.383. The lowest BCUT2D eigenvalue weighted by Gasteiger charge is -2.28. The fraction of sp³-hybridized carbons (Fsp3) is 0.438. The molecule has 0 aliphatic heterocycles. The average molecular weight is 287 g/mol. The van der Waals surface area contributed by atoms with Crippen LogP contribution in [0.1, 0.15) is 27.7 Å². The topological polar surface area (TPSA) is 68.1 Å². The summed E-state index contributed by atoms with van der Waals surface area (Å²) in [5.41, 5.74) is 1.21. The molecule has 2 rings (SSSR count). The maximum absolute atomic E-state index is 11.1. The maximum Gasteiger partial charge on any atom is 0.277 e. The van der Waals surface area contributed by atoms with Gasteiger partial charge in [-0.05, 0) is 23.5 Å². The van der Waals surface area contributed by atoms with Gasteiger partial charge in [0.25, 0.3) is 5.69 Å². The van der Waals surface area contributed by atoms with E-state index in [4.69, 9.17) is 0 Å². The van der Waals surface area contributed by atoms with Gasteiger partial charge in [0.05, 0.1) is 10.3 Å². The molecule has 2 aromatic rings. The zero-order valence-electron chi connectivity index (χ0n) is 12.9. The molecule has 0 saturated carbocycles. The Morgan fingerprint density at radius 3 is 2.62 bits per heavy atom. The van der Waals surface area contributed by atoms with E-state index in [0.29, 0.717) is 11.3 Å². The normalized spacial score (nSPS) is 13.1. The number of rotatable bonds is 4. The van der Waals surface area contributed by atoms with E-state index in [0.717, 1.165) is 17.6 Å². The molecule has 5 nitrogen and oxygen atoms in total. The highest BCUT2D eigenvalue weighted by atomic mass is 16.6. The van der Waals surface area contributed by atoms with Crippen LogP contribution in [0, 0.1) is 21.4 Å². The summed E-state index contributed by atoms with van der Waals surface area (Å²) in [7, 11) is 0. The molecule has 1 aromatic heterocycles. The molecule has 1 aromatic carbocycles. The lowest BCUT2D eigenvalue weighted by Crippen LogP contribution is -2.24. The van der Waals surface area contributed by atoms with E-state index < -0.39 is 0 Å². The minimum atomic E-state index is -0.357. The number of pyridine rings is 1. The van der Waals surface area contributed by atoms with E-state index in [1.54, 1.807) is 30.6 Å². The van der Waals surface area contributed by atoms with Crippen LogP contribution in [0.5, 0.6) is 0 Å². The summed E-state index contributed by atoms with van der Waals surface area (Å²) < 4.78 is 0. The van der Waals surface area contributed by atoms with Gasteiger partial charge in [-0.3, -0.25) is 15.1 Å². The molecule has 1 N–H and O–H groups in total. The second-order valence-electron chi connectivity index (χ2n) is 6.46. The summed E-state index contributed by atoms with van der Waals surface area (Å²) in [6, 6.07) is 5.00. The van der Waals surface area contributed by atoms with Gasteiger partial charge in [-0.15, -0.1) is 0 Å². The van der Waals surface area contributed by atoms with Gasteiger partial charge < -0.3 is 5.32 Å². The third-order valence-electron chi connectivity index (χ3n) is 4.07. The second kappa shape index (κ2) is 5.68. The number of nitro groups is 1. The standard InChI is InChI=1S/C16H21N3O2/c1-11(16(2,3)4)9-18-14-5-6-15(19(20)21)12-7-8-17-10-13(12)14/h5-8,10-11,18H,9H2,1-4H3. The molecule has 1 heterocycles. The monoisotopic (exact) mass is 287 g/mol. The molecule has 0 spiro atoms. The number of nitro benzene ring substituents is 1. The van der Waals surface area contributed by atoms with Crippen molar-refractivity contribution in [3.05, 3.63) is 40.7 Å². The fourth-order valence-electron chi connectivity index (χ4n) is 2.06. The van der Waals surface area contributed by atoms with Crippen LogP contribution in [0.2, 0.25) is 0 Å². The van der Waals surface area contributed by atoms with Crippen molar-refractivity contribution in [1.82, 2.24) is 4.98 Å². The van der Waals surface area contributed by atoms with Crippen LogP contribution in [0.25, 0.3) is 10.8 Å². The summed E-state index contributed by atoms with van der Waals surface area (Å²) in [5.74, 6) is 0.472. The van der Waals surface area contributed by atoms with Crippen LogP contribution in [-0.2, 0) is 0 Å². The zero-order valence-corrected chi connectivity index (χ0v) is 12.9. The van der Waals surface area contributed by atoms with Gasteiger partial charge in [0, 0.05) is 36.1 Å². The van der Waals surface area contributed by atoms with Gasteiger partial charge in [-0.25, -0.2) is 0 Å². The lowest BCUT2D eigenvalue weighted by atomic mass is 9.82. The van der Waals surface area contributed by atoms with Crippen molar-refractivity contribution in [2.24, 2.45) is 11.3 Å². The maximum atomic E-state index is 11.1. The van der Waals surface area contributed by atoms with Gasteiger partial charge in [0.15, 0.2) is 0 Å². The molecule has 1 atom stereocenters. The molecule has 0 saturated heterocycles. The van der Waals surface area contributed by atoms with Crippen molar-refractivity contribution >= 4 is 22.1 Å². The molecule has 0 amide bonds. The molecule has 0 bridgehead atoms. The van der Waals surface area contributed by atoms with Crippen LogP contribution in [0.15, 0.2) is 30.6 Å². The summed E-state index contributed by atoms with van der Waals surface area (Å²) in [4.78, 5) is 14.8. The molecule has 0 aliphatic carbocycles. The smallest absolute Gasteiger partial charge is 0.277 e. The van der Waals surface area contributed by atoms with Crippen LogP contribution in [0.4, 0.5) is 11.4 Å². The Morgan fingerprint density at radius 2 is 2.00 bits per heavy atom. The van der Waals surface area contributed by atoms with Crippen LogP contribution in [0.3, 0.4) is 0 Å². The number of aromatic nitrogens is 1. The molecular formula is C16H21N3O2. The summed E-state index contributed by atoms with van der Waals surface area (Å²) >= 11 is 0. The van der Waals surface area contributed by atoms with E-state index in [1.165, 1.54) is 0 Å². The average Bonchev–Trinajstić information content (AvgIpc) is 2.42. The Morgan fingerprint density at radius 1 is 1.29 bits per heavy atom. The second-order valence-corrected chi connectivity index (χ2v) is 6.46. The van der Waals surface area contributed by atoms with Gasteiger partial charge in [-0.1, -0.05) is 27.7 Å². The number of hydrogen-bond donors (Lipinski definition) is 1. The first-order chi connectivity index (χ1) is 9.80. The third kappa shape index (κ3) is 3.29. The molecule has 0 radical (unpaired) electrons. The quantitative estimate of drug-likeness (QED) is 0.674.